The maximum absolute atomic E-state index is 12.2. The van der Waals surface area contributed by atoms with Gasteiger partial charge in [0.1, 0.15) is 19.5 Å². The second-order valence-electron chi connectivity index (χ2n) is 5.47. The van der Waals surface area contributed by atoms with Crippen LogP contribution in [0.2, 0.25) is 0 Å². The minimum Gasteiger partial charge on any atom is -0.494 e. The number of rotatable bonds is 4. The molecule has 122 valence electrons. The largest absolute Gasteiger partial charge is 0.494 e. The van der Waals surface area contributed by atoms with E-state index in [0.717, 1.165) is 16.6 Å². The van der Waals surface area contributed by atoms with Crippen molar-refractivity contribution in [3.63, 3.8) is 0 Å². The molecule has 0 saturated heterocycles. The molecule has 23 heavy (non-hydrogen) atoms. The topological polar surface area (TPSA) is 52.8 Å². The van der Waals surface area contributed by atoms with Gasteiger partial charge in [0.25, 0.3) is 0 Å². The molecule has 5 nitrogen and oxygen atoms in total. The Kier molecular flexibility index (Phi) is 4.81. The Balaban J connectivity index is 1.94. The van der Waals surface area contributed by atoms with Crippen molar-refractivity contribution in [1.29, 1.82) is 0 Å². The summed E-state index contributed by atoms with van der Waals surface area (Å²) in [6.07, 6.45) is 4.79. The van der Waals surface area contributed by atoms with Gasteiger partial charge in [0.05, 0.1) is 10.2 Å². The lowest BCUT2D eigenvalue weighted by Gasteiger charge is -2.12. The smallest absolute Gasteiger partial charge is 0.317 e. The van der Waals surface area contributed by atoms with Gasteiger partial charge in [-0.15, -0.1) is 0 Å². The van der Waals surface area contributed by atoms with E-state index in [2.05, 4.69) is 30.1 Å². The number of fused-ring (bicyclic) bond motifs is 1. The molecule has 0 N–H and O–H groups in total. The summed E-state index contributed by atoms with van der Waals surface area (Å²) in [5.41, 5.74) is 2.40. The van der Waals surface area contributed by atoms with Crippen molar-refractivity contribution < 1.29 is 14.3 Å². The van der Waals surface area contributed by atoms with Gasteiger partial charge in [0, 0.05) is 7.05 Å². The molecule has 0 radical (unpaired) electrons. The van der Waals surface area contributed by atoms with E-state index in [1.165, 1.54) is 36.0 Å². The first-order valence-electron chi connectivity index (χ1n) is 7.81. The van der Waals surface area contributed by atoms with Crippen LogP contribution in [0.5, 0.6) is 0 Å². The van der Waals surface area contributed by atoms with Gasteiger partial charge in [-0.2, -0.15) is 4.99 Å². The summed E-state index contributed by atoms with van der Waals surface area (Å²) in [6, 6.07) is 6.44. The van der Waals surface area contributed by atoms with Gasteiger partial charge in [-0.05, 0) is 30.5 Å². The second kappa shape index (κ2) is 7.00. The Labute approximate surface area is 138 Å². The van der Waals surface area contributed by atoms with Crippen LogP contribution in [-0.2, 0) is 27.7 Å². The number of ether oxygens (including phenoxy) is 2. The molecule has 0 unspecified atom stereocenters. The minimum absolute atomic E-state index is 0.164. The summed E-state index contributed by atoms with van der Waals surface area (Å²) >= 11 is 1.52. The number of unbranched alkanes of at least 4 members (excludes halogenated alkanes) is 1. The standard InChI is InChI=1S/C17H20N2O3S/c1-3-4-5-12-6-7-13-15(10-12)23-17(19(13)2)18-16(20)14-11-21-8-9-22-14/h6-7,10-11H,3-5,8-9H2,1-2H3. The molecule has 0 aliphatic carbocycles. The van der Waals surface area contributed by atoms with E-state index in [0.29, 0.717) is 18.0 Å². The van der Waals surface area contributed by atoms with Crippen LogP contribution in [0.4, 0.5) is 0 Å². The summed E-state index contributed by atoms with van der Waals surface area (Å²) in [7, 11) is 1.92. The average Bonchev–Trinajstić information content (AvgIpc) is 2.89. The molecule has 0 spiro atoms. The molecule has 1 aromatic carbocycles. The fourth-order valence-electron chi connectivity index (χ4n) is 2.44. The summed E-state index contributed by atoms with van der Waals surface area (Å²) in [5, 5.41) is 0. The van der Waals surface area contributed by atoms with E-state index in [9.17, 15) is 4.79 Å². The Morgan fingerprint density at radius 2 is 2.26 bits per heavy atom. The summed E-state index contributed by atoms with van der Waals surface area (Å²) < 4.78 is 13.5. The number of nitrogens with zero attached hydrogens (tertiary/aromatic N) is 2. The van der Waals surface area contributed by atoms with Crippen molar-refractivity contribution in [2.75, 3.05) is 13.2 Å². The van der Waals surface area contributed by atoms with Crippen LogP contribution in [-0.4, -0.2) is 23.7 Å². The van der Waals surface area contributed by atoms with Gasteiger partial charge in [0.2, 0.25) is 5.76 Å². The molecule has 1 aliphatic rings. The summed E-state index contributed by atoms with van der Waals surface area (Å²) in [4.78, 5) is 17.0. The van der Waals surface area contributed by atoms with Crippen LogP contribution in [0, 0.1) is 0 Å². The van der Waals surface area contributed by atoms with E-state index in [1.54, 1.807) is 0 Å². The normalized spacial score (nSPS) is 15.2. The molecule has 0 bridgehead atoms. The van der Waals surface area contributed by atoms with Gasteiger partial charge >= 0.3 is 5.91 Å². The fourth-order valence-corrected chi connectivity index (χ4v) is 3.52. The molecule has 0 saturated carbocycles. The van der Waals surface area contributed by atoms with Crippen molar-refractivity contribution in [2.45, 2.75) is 26.2 Å². The van der Waals surface area contributed by atoms with E-state index in [4.69, 9.17) is 9.47 Å². The zero-order valence-electron chi connectivity index (χ0n) is 13.4. The summed E-state index contributed by atoms with van der Waals surface area (Å²) in [5.74, 6) is -0.240. The molecular formula is C17H20N2O3S. The van der Waals surface area contributed by atoms with Crippen molar-refractivity contribution >= 4 is 27.5 Å². The van der Waals surface area contributed by atoms with Gasteiger partial charge in [0.15, 0.2) is 4.80 Å². The number of thiazole rings is 1. The Hall–Kier alpha value is -2.08. The van der Waals surface area contributed by atoms with Gasteiger partial charge in [-0.1, -0.05) is 30.7 Å². The first-order chi connectivity index (χ1) is 11.2. The number of aromatic nitrogens is 1. The number of carbonyl (C=O) groups is 1. The highest BCUT2D eigenvalue weighted by molar-refractivity contribution is 7.16. The van der Waals surface area contributed by atoms with E-state index >= 15 is 0 Å². The zero-order chi connectivity index (χ0) is 16.2. The number of carbonyl (C=O) groups excluding carboxylic acids is 1. The minimum atomic E-state index is -0.405. The third-order valence-electron chi connectivity index (χ3n) is 3.75. The second-order valence-corrected chi connectivity index (χ2v) is 6.48. The van der Waals surface area contributed by atoms with Crippen LogP contribution in [0.25, 0.3) is 10.2 Å². The van der Waals surface area contributed by atoms with Crippen LogP contribution in [0.15, 0.2) is 35.2 Å². The Morgan fingerprint density at radius 3 is 3.00 bits per heavy atom. The maximum Gasteiger partial charge on any atom is 0.317 e. The molecule has 0 fully saturated rings. The first-order valence-corrected chi connectivity index (χ1v) is 8.63. The highest BCUT2D eigenvalue weighted by Gasteiger charge is 2.15. The molecule has 1 aromatic heterocycles. The maximum atomic E-state index is 12.2. The highest BCUT2D eigenvalue weighted by Crippen LogP contribution is 2.19. The molecule has 1 aliphatic heterocycles. The third kappa shape index (κ3) is 3.47. The van der Waals surface area contributed by atoms with Crippen LogP contribution in [0.3, 0.4) is 0 Å². The van der Waals surface area contributed by atoms with Gasteiger partial charge < -0.3 is 14.0 Å². The molecule has 1 amide bonds. The van der Waals surface area contributed by atoms with E-state index in [-0.39, 0.29) is 5.76 Å². The number of benzene rings is 1. The van der Waals surface area contributed by atoms with Crippen LogP contribution in [0.1, 0.15) is 25.3 Å². The molecule has 3 rings (SSSR count). The molecule has 0 atom stereocenters. The van der Waals surface area contributed by atoms with Crippen molar-refractivity contribution in [1.82, 2.24) is 4.57 Å². The first kappa shape index (κ1) is 15.8. The van der Waals surface area contributed by atoms with Crippen molar-refractivity contribution in [3.8, 4) is 0 Å². The number of hydrogen-bond donors (Lipinski definition) is 0. The lowest BCUT2D eigenvalue weighted by Crippen LogP contribution is -2.18. The number of aryl methyl sites for hydroxylation is 2. The SMILES string of the molecule is CCCCc1ccc2c(c1)sc(=NC(=O)C1=COCCO1)n2C. The van der Waals surface area contributed by atoms with E-state index < -0.39 is 5.91 Å². The van der Waals surface area contributed by atoms with Crippen LogP contribution >= 0.6 is 11.3 Å². The molecule has 2 aromatic rings. The number of amides is 1. The molecular weight excluding hydrogens is 312 g/mol. The van der Waals surface area contributed by atoms with E-state index in [1.807, 2.05) is 11.6 Å². The van der Waals surface area contributed by atoms with Gasteiger partial charge in [-0.25, -0.2) is 0 Å². The molecule has 6 heteroatoms. The monoisotopic (exact) mass is 332 g/mol. The predicted molar refractivity (Wildman–Crippen MR) is 90.0 cm³/mol. The lowest BCUT2D eigenvalue weighted by atomic mass is 10.1. The lowest BCUT2D eigenvalue weighted by molar-refractivity contribution is -0.119. The fraction of sp³-hybridized carbons (Fsp3) is 0.412. The highest BCUT2D eigenvalue weighted by atomic mass is 32.1. The Morgan fingerprint density at radius 1 is 1.39 bits per heavy atom. The van der Waals surface area contributed by atoms with Crippen molar-refractivity contribution in [2.24, 2.45) is 12.0 Å². The third-order valence-corrected chi connectivity index (χ3v) is 4.84. The van der Waals surface area contributed by atoms with Gasteiger partial charge in [-0.3, -0.25) is 4.79 Å². The number of hydrogen-bond acceptors (Lipinski definition) is 4. The Bertz CT molecular complexity index is 817. The van der Waals surface area contributed by atoms with Crippen LogP contribution < -0.4 is 4.80 Å². The zero-order valence-corrected chi connectivity index (χ0v) is 14.2. The average molecular weight is 332 g/mol. The van der Waals surface area contributed by atoms with Crippen molar-refractivity contribution in [3.05, 3.63) is 40.6 Å². The quantitative estimate of drug-likeness (QED) is 0.865. The predicted octanol–water partition coefficient (Wildman–Crippen LogP) is 2.90. The molecule has 2 heterocycles. The summed E-state index contributed by atoms with van der Waals surface area (Å²) in [6.45, 7) is 3.04.